The van der Waals surface area contributed by atoms with E-state index in [1.165, 1.54) is 7.11 Å². The van der Waals surface area contributed by atoms with E-state index in [2.05, 4.69) is 21.2 Å². The molecule has 0 saturated heterocycles. The molecule has 0 bridgehead atoms. The number of nitrogens with zero attached hydrogens (tertiary/aromatic N) is 1. The number of hydrogen-bond acceptors (Lipinski definition) is 5. The number of ether oxygens (including phenoxy) is 2. The highest BCUT2D eigenvalue weighted by molar-refractivity contribution is 9.10. The van der Waals surface area contributed by atoms with Crippen LogP contribution in [0.3, 0.4) is 0 Å². The number of nitro benzene ring substituents is 1. The lowest BCUT2D eigenvalue weighted by Crippen LogP contribution is -2.04. The van der Waals surface area contributed by atoms with Gasteiger partial charge in [0.1, 0.15) is 11.4 Å². The number of anilines is 1. The van der Waals surface area contributed by atoms with Gasteiger partial charge in [0.2, 0.25) is 0 Å². The molecule has 0 aliphatic heterocycles. The highest BCUT2D eigenvalue weighted by atomic mass is 79.9. The molecule has 0 heterocycles. The molecule has 0 saturated carbocycles. The molecule has 22 heavy (non-hydrogen) atoms. The lowest BCUT2D eigenvalue weighted by atomic mass is 10.2. The molecule has 2 aromatic carbocycles. The molecule has 0 aliphatic carbocycles. The van der Waals surface area contributed by atoms with Gasteiger partial charge in [-0.15, -0.1) is 0 Å². The van der Waals surface area contributed by atoms with E-state index in [9.17, 15) is 10.1 Å². The lowest BCUT2D eigenvalue weighted by Gasteiger charge is -2.11. The Morgan fingerprint density at radius 2 is 1.86 bits per heavy atom. The Hall–Kier alpha value is -2.28. The standard InChI is InChI=1S/C15H15BrN2O4/c1-21-12-5-3-10(4-6-12)9-17-13-7-11(16)8-14(22-2)15(13)18(19)20/h3-8,17H,9H2,1-2H3. The van der Waals surface area contributed by atoms with E-state index in [1.54, 1.807) is 19.2 Å². The van der Waals surface area contributed by atoms with Gasteiger partial charge in [-0.05, 0) is 23.8 Å². The van der Waals surface area contributed by atoms with E-state index >= 15 is 0 Å². The molecular weight excluding hydrogens is 352 g/mol. The second-order valence-electron chi connectivity index (χ2n) is 4.46. The van der Waals surface area contributed by atoms with Crippen molar-refractivity contribution in [3.63, 3.8) is 0 Å². The zero-order valence-electron chi connectivity index (χ0n) is 12.1. The fourth-order valence-corrected chi connectivity index (χ4v) is 2.43. The summed E-state index contributed by atoms with van der Waals surface area (Å²) >= 11 is 3.32. The third-order valence-corrected chi connectivity index (χ3v) is 3.54. The van der Waals surface area contributed by atoms with E-state index in [0.717, 1.165) is 11.3 Å². The van der Waals surface area contributed by atoms with Gasteiger partial charge in [-0.25, -0.2) is 0 Å². The number of nitrogens with one attached hydrogen (secondary N) is 1. The van der Waals surface area contributed by atoms with Gasteiger partial charge in [-0.3, -0.25) is 10.1 Å². The fraction of sp³-hybridized carbons (Fsp3) is 0.200. The summed E-state index contributed by atoms with van der Waals surface area (Å²) in [6.45, 7) is 0.449. The van der Waals surface area contributed by atoms with Crippen LogP contribution in [0.4, 0.5) is 11.4 Å². The zero-order valence-corrected chi connectivity index (χ0v) is 13.7. The smallest absolute Gasteiger partial charge is 0.333 e. The average molecular weight is 367 g/mol. The molecule has 0 fully saturated rings. The van der Waals surface area contributed by atoms with Crippen molar-refractivity contribution in [3.05, 3.63) is 56.5 Å². The van der Waals surface area contributed by atoms with Crippen LogP contribution in [0.15, 0.2) is 40.9 Å². The van der Waals surface area contributed by atoms with Gasteiger partial charge in [-0.1, -0.05) is 28.1 Å². The van der Waals surface area contributed by atoms with Crippen molar-refractivity contribution in [3.8, 4) is 11.5 Å². The Labute approximate surface area is 136 Å². The molecule has 0 unspecified atom stereocenters. The Morgan fingerprint density at radius 1 is 1.18 bits per heavy atom. The van der Waals surface area contributed by atoms with Crippen molar-refractivity contribution in [2.45, 2.75) is 6.54 Å². The van der Waals surface area contributed by atoms with Crippen LogP contribution in [-0.2, 0) is 6.54 Å². The van der Waals surface area contributed by atoms with Crippen molar-refractivity contribution in [2.24, 2.45) is 0 Å². The molecule has 1 N–H and O–H groups in total. The third kappa shape index (κ3) is 3.67. The van der Waals surface area contributed by atoms with Crippen molar-refractivity contribution >= 4 is 27.3 Å². The highest BCUT2D eigenvalue weighted by Gasteiger charge is 2.21. The minimum absolute atomic E-state index is 0.0841. The normalized spacial score (nSPS) is 10.1. The van der Waals surface area contributed by atoms with Gasteiger partial charge < -0.3 is 14.8 Å². The fourth-order valence-electron chi connectivity index (χ4n) is 1.99. The number of methoxy groups -OCH3 is 2. The quantitative estimate of drug-likeness (QED) is 0.617. The van der Waals surface area contributed by atoms with Gasteiger partial charge in [0.15, 0.2) is 5.75 Å². The van der Waals surface area contributed by atoms with E-state index in [0.29, 0.717) is 16.7 Å². The number of halogens is 1. The second-order valence-corrected chi connectivity index (χ2v) is 5.38. The lowest BCUT2D eigenvalue weighted by molar-refractivity contribution is -0.384. The average Bonchev–Trinajstić information content (AvgIpc) is 2.52. The minimum Gasteiger partial charge on any atom is -0.497 e. The monoisotopic (exact) mass is 366 g/mol. The summed E-state index contributed by atoms with van der Waals surface area (Å²) in [5, 5.41) is 14.3. The van der Waals surface area contributed by atoms with E-state index in [4.69, 9.17) is 9.47 Å². The van der Waals surface area contributed by atoms with Gasteiger partial charge >= 0.3 is 5.69 Å². The van der Waals surface area contributed by atoms with Crippen molar-refractivity contribution < 1.29 is 14.4 Å². The number of hydrogen-bond donors (Lipinski definition) is 1. The first-order valence-electron chi connectivity index (χ1n) is 6.44. The van der Waals surface area contributed by atoms with Crippen LogP contribution < -0.4 is 14.8 Å². The Morgan fingerprint density at radius 3 is 2.41 bits per heavy atom. The van der Waals surface area contributed by atoms with Crippen molar-refractivity contribution in [1.82, 2.24) is 0 Å². The first-order valence-corrected chi connectivity index (χ1v) is 7.23. The Balaban J connectivity index is 2.24. The summed E-state index contributed by atoms with van der Waals surface area (Å²) in [7, 11) is 3.01. The maximum absolute atomic E-state index is 11.3. The zero-order chi connectivity index (χ0) is 16.1. The molecule has 0 radical (unpaired) electrons. The summed E-state index contributed by atoms with van der Waals surface area (Å²) in [5.41, 5.74) is 1.29. The van der Waals surface area contributed by atoms with E-state index in [-0.39, 0.29) is 11.4 Å². The molecule has 6 nitrogen and oxygen atoms in total. The first kappa shape index (κ1) is 16.1. The SMILES string of the molecule is COc1ccc(CNc2cc(Br)cc(OC)c2[N+](=O)[O-])cc1. The van der Waals surface area contributed by atoms with Crippen LogP contribution in [0.2, 0.25) is 0 Å². The van der Waals surface area contributed by atoms with E-state index in [1.807, 2.05) is 24.3 Å². The Kier molecular flexibility index (Phi) is 5.21. The van der Waals surface area contributed by atoms with Crippen molar-refractivity contribution in [2.75, 3.05) is 19.5 Å². The minimum atomic E-state index is -0.457. The van der Waals surface area contributed by atoms with Gasteiger partial charge in [-0.2, -0.15) is 0 Å². The van der Waals surface area contributed by atoms with Gasteiger partial charge in [0, 0.05) is 17.1 Å². The van der Waals surface area contributed by atoms with Crippen LogP contribution in [0.25, 0.3) is 0 Å². The summed E-state index contributed by atoms with van der Waals surface area (Å²) in [4.78, 5) is 10.8. The van der Waals surface area contributed by atoms with E-state index < -0.39 is 4.92 Å². The van der Waals surface area contributed by atoms with Gasteiger partial charge in [0.05, 0.1) is 19.1 Å². The largest absolute Gasteiger partial charge is 0.497 e. The Bertz CT molecular complexity index is 674. The maximum atomic E-state index is 11.3. The molecule has 0 spiro atoms. The first-order chi connectivity index (χ1) is 10.5. The molecule has 0 aromatic heterocycles. The molecule has 2 rings (SSSR count). The predicted molar refractivity (Wildman–Crippen MR) is 87.7 cm³/mol. The number of benzene rings is 2. The van der Waals surface area contributed by atoms with Crippen LogP contribution in [-0.4, -0.2) is 19.1 Å². The second kappa shape index (κ2) is 7.13. The van der Waals surface area contributed by atoms with Crippen LogP contribution >= 0.6 is 15.9 Å². The molecule has 0 amide bonds. The molecule has 0 atom stereocenters. The predicted octanol–water partition coefficient (Wildman–Crippen LogP) is 3.99. The summed E-state index contributed by atoms with van der Waals surface area (Å²) in [5.74, 6) is 0.968. The van der Waals surface area contributed by atoms with Crippen LogP contribution in [0.1, 0.15) is 5.56 Å². The summed E-state index contributed by atoms with van der Waals surface area (Å²) < 4.78 is 10.9. The number of nitro groups is 1. The van der Waals surface area contributed by atoms with Gasteiger partial charge in [0.25, 0.3) is 0 Å². The highest BCUT2D eigenvalue weighted by Crippen LogP contribution is 2.38. The molecular formula is C15H15BrN2O4. The van der Waals surface area contributed by atoms with Crippen LogP contribution in [0, 0.1) is 10.1 Å². The summed E-state index contributed by atoms with van der Waals surface area (Å²) in [6.07, 6.45) is 0. The molecule has 2 aromatic rings. The number of rotatable bonds is 6. The van der Waals surface area contributed by atoms with Crippen LogP contribution in [0.5, 0.6) is 11.5 Å². The van der Waals surface area contributed by atoms with Crippen molar-refractivity contribution in [1.29, 1.82) is 0 Å². The third-order valence-electron chi connectivity index (χ3n) is 3.08. The summed E-state index contributed by atoms with van der Waals surface area (Å²) in [6, 6.07) is 10.7. The topological polar surface area (TPSA) is 73.6 Å². The molecule has 116 valence electrons. The molecule has 7 heteroatoms. The molecule has 0 aliphatic rings. The maximum Gasteiger partial charge on any atom is 0.333 e.